The first-order chi connectivity index (χ1) is 14.9. The molecule has 5 N–H and O–H groups in total. The number of nitrogens with one attached hydrogen (secondary N) is 1. The molecular formula is C21H21F3N4O3. The van der Waals surface area contributed by atoms with E-state index < -0.39 is 41.8 Å². The lowest BCUT2D eigenvalue weighted by molar-refractivity contribution is -0.0167. The fourth-order valence-corrected chi connectivity index (χ4v) is 4.61. The monoisotopic (exact) mass is 434 g/mol. The molecule has 31 heavy (non-hydrogen) atoms. The summed E-state index contributed by atoms with van der Waals surface area (Å²) in [5.41, 5.74) is 7.04. The number of benzene rings is 1. The fraction of sp³-hybridized carbons (Fsp3) is 0.381. The lowest BCUT2D eigenvalue weighted by Gasteiger charge is -2.25. The summed E-state index contributed by atoms with van der Waals surface area (Å²) in [6.45, 7) is 0.815. The number of nitrogen functional groups attached to an aromatic ring is 1. The smallest absolute Gasteiger partial charge is 0.162 e. The highest BCUT2D eigenvalue weighted by Gasteiger charge is 2.45. The van der Waals surface area contributed by atoms with Crippen LogP contribution in [0.4, 0.5) is 18.9 Å². The van der Waals surface area contributed by atoms with Crippen molar-refractivity contribution in [1.82, 2.24) is 14.9 Å². The number of aliphatic hydroxyl groups excluding tert-OH is 2. The number of fused-ring (bicyclic) bond motifs is 2. The normalized spacial score (nSPS) is 25.7. The Labute approximate surface area is 175 Å². The quantitative estimate of drug-likeness (QED) is 0.501. The van der Waals surface area contributed by atoms with E-state index in [1.54, 1.807) is 0 Å². The van der Waals surface area contributed by atoms with Gasteiger partial charge in [0.2, 0.25) is 0 Å². The third-order valence-electron chi connectivity index (χ3n) is 6.18. The zero-order chi connectivity index (χ0) is 21.9. The van der Waals surface area contributed by atoms with E-state index in [-0.39, 0.29) is 34.5 Å². The molecule has 1 aliphatic carbocycles. The van der Waals surface area contributed by atoms with E-state index in [2.05, 4.69) is 10.3 Å². The van der Waals surface area contributed by atoms with Crippen molar-refractivity contribution in [3.8, 4) is 5.75 Å². The largest absolute Gasteiger partial charge is 0.487 e. The topological polar surface area (TPSA) is 106 Å². The maximum absolute atomic E-state index is 14.5. The van der Waals surface area contributed by atoms with Gasteiger partial charge in [-0.25, -0.2) is 18.2 Å². The van der Waals surface area contributed by atoms with Crippen molar-refractivity contribution in [2.24, 2.45) is 0 Å². The van der Waals surface area contributed by atoms with Gasteiger partial charge in [0.15, 0.2) is 17.5 Å². The molecule has 3 heterocycles. The molecule has 7 nitrogen and oxygen atoms in total. The fourth-order valence-electron chi connectivity index (χ4n) is 4.61. The molecule has 1 aromatic carbocycles. The van der Waals surface area contributed by atoms with Crippen LogP contribution < -0.4 is 15.8 Å². The molecule has 1 aliphatic heterocycles. The standard InChI is InChI=1S/C21H21F3N4O3/c22-11-5-15(10-7-26-3-1-9(10)18(11)24)31-16-6-14(19(29)20(16)30)28-8-12(23)17-13(25)2-4-27-21(17)28/h2,4-5,8,14,16,19-20,26,29-30H,1,3,6-7H2,(H2,25,27)/t14-,16+,19+,20-/m1/s1. The minimum atomic E-state index is -1.33. The van der Waals surface area contributed by atoms with Crippen LogP contribution in [0.5, 0.6) is 5.75 Å². The molecule has 3 aromatic rings. The van der Waals surface area contributed by atoms with Crippen LogP contribution in [0.1, 0.15) is 23.6 Å². The van der Waals surface area contributed by atoms with Gasteiger partial charge in [0, 0.05) is 48.2 Å². The Balaban J connectivity index is 1.48. The Kier molecular flexibility index (Phi) is 4.80. The molecule has 2 aromatic heterocycles. The lowest BCUT2D eigenvalue weighted by atomic mass is 9.99. The molecule has 0 bridgehead atoms. The van der Waals surface area contributed by atoms with Gasteiger partial charge >= 0.3 is 0 Å². The molecule has 0 spiro atoms. The average molecular weight is 434 g/mol. The van der Waals surface area contributed by atoms with Crippen molar-refractivity contribution in [2.75, 3.05) is 12.3 Å². The van der Waals surface area contributed by atoms with Crippen LogP contribution >= 0.6 is 0 Å². The van der Waals surface area contributed by atoms with E-state index >= 15 is 0 Å². The van der Waals surface area contributed by atoms with Gasteiger partial charge in [-0.3, -0.25) is 0 Å². The first-order valence-corrected chi connectivity index (χ1v) is 10.0. The number of pyridine rings is 1. The Morgan fingerprint density at radius 1 is 1.16 bits per heavy atom. The maximum atomic E-state index is 14.5. The second-order valence-electron chi connectivity index (χ2n) is 7.98. The second kappa shape index (κ2) is 7.40. The molecule has 2 aliphatic rings. The minimum Gasteiger partial charge on any atom is -0.487 e. The van der Waals surface area contributed by atoms with Crippen molar-refractivity contribution in [3.63, 3.8) is 0 Å². The molecule has 10 heteroatoms. The number of rotatable bonds is 3. The van der Waals surface area contributed by atoms with Crippen LogP contribution in [-0.2, 0) is 13.0 Å². The number of nitrogens with two attached hydrogens (primary N) is 1. The summed E-state index contributed by atoms with van der Waals surface area (Å²) < 4.78 is 50.1. The number of halogens is 3. The van der Waals surface area contributed by atoms with Gasteiger partial charge < -0.3 is 30.6 Å². The van der Waals surface area contributed by atoms with Gasteiger partial charge in [0.25, 0.3) is 0 Å². The molecule has 5 rings (SSSR count). The van der Waals surface area contributed by atoms with E-state index in [4.69, 9.17) is 10.5 Å². The van der Waals surface area contributed by atoms with Crippen LogP contribution in [0, 0.1) is 17.5 Å². The molecule has 0 saturated heterocycles. The number of aliphatic hydroxyl groups is 2. The maximum Gasteiger partial charge on any atom is 0.162 e. The Morgan fingerprint density at radius 3 is 2.77 bits per heavy atom. The van der Waals surface area contributed by atoms with E-state index in [0.29, 0.717) is 25.1 Å². The minimum absolute atomic E-state index is 0.100. The molecule has 1 saturated carbocycles. The Bertz CT molecular complexity index is 1170. The van der Waals surface area contributed by atoms with Gasteiger partial charge in [-0.2, -0.15) is 0 Å². The van der Waals surface area contributed by atoms with Gasteiger partial charge in [-0.15, -0.1) is 0 Å². The van der Waals surface area contributed by atoms with E-state index in [1.807, 2.05) is 0 Å². The molecule has 0 amide bonds. The van der Waals surface area contributed by atoms with Crippen LogP contribution in [0.15, 0.2) is 24.5 Å². The third-order valence-corrected chi connectivity index (χ3v) is 6.18. The first kappa shape index (κ1) is 20.1. The number of anilines is 1. The van der Waals surface area contributed by atoms with E-state index in [0.717, 1.165) is 6.07 Å². The van der Waals surface area contributed by atoms with Crippen LogP contribution in [0.2, 0.25) is 0 Å². The summed E-state index contributed by atoms with van der Waals surface area (Å²) in [5.74, 6) is -2.40. The Hall–Kier alpha value is -2.82. The highest BCUT2D eigenvalue weighted by Crippen LogP contribution is 2.39. The molecule has 0 unspecified atom stereocenters. The van der Waals surface area contributed by atoms with E-state index in [9.17, 15) is 23.4 Å². The first-order valence-electron chi connectivity index (χ1n) is 10.0. The summed E-state index contributed by atoms with van der Waals surface area (Å²) in [4.78, 5) is 4.16. The number of hydrogen-bond acceptors (Lipinski definition) is 6. The number of aromatic nitrogens is 2. The van der Waals surface area contributed by atoms with E-state index in [1.165, 1.54) is 23.0 Å². The third kappa shape index (κ3) is 3.13. The van der Waals surface area contributed by atoms with Crippen molar-refractivity contribution in [1.29, 1.82) is 0 Å². The van der Waals surface area contributed by atoms with Gasteiger partial charge in [0.1, 0.15) is 29.7 Å². The molecule has 164 valence electrons. The van der Waals surface area contributed by atoms with Gasteiger partial charge in [-0.05, 0) is 19.0 Å². The van der Waals surface area contributed by atoms with Crippen molar-refractivity contribution in [3.05, 3.63) is 53.1 Å². The number of nitrogens with zero attached hydrogens (tertiary/aromatic N) is 2. The average Bonchev–Trinajstić information content (AvgIpc) is 3.24. The van der Waals surface area contributed by atoms with Crippen LogP contribution in [-0.4, -0.2) is 44.6 Å². The lowest BCUT2D eigenvalue weighted by Crippen LogP contribution is -2.35. The summed E-state index contributed by atoms with van der Waals surface area (Å²) in [6, 6.07) is 1.68. The molecule has 1 fully saturated rings. The SMILES string of the molecule is Nc1ccnc2c1c(F)cn2[C@@H]1C[C@H](Oc2cc(F)c(F)c3c2CNCC3)[C@@H](O)[C@H]1O. The van der Waals surface area contributed by atoms with Gasteiger partial charge in [0.05, 0.1) is 11.4 Å². The molecule has 0 radical (unpaired) electrons. The molecule has 4 atom stereocenters. The zero-order valence-electron chi connectivity index (χ0n) is 16.4. The molecular weight excluding hydrogens is 413 g/mol. The second-order valence-corrected chi connectivity index (χ2v) is 7.98. The predicted molar refractivity (Wildman–Crippen MR) is 106 cm³/mol. The zero-order valence-corrected chi connectivity index (χ0v) is 16.4. The Morgan fingerprint density at radius 2 is 1.97 bits per heavy atom. The predicted octanol–water partition coefficient (Wildman–Crippen LogP) is 1.80. The van der Waals surface area contributed by atoms with Crippen LogP contribution in [0.3, 0.4) is 0 Å². The van der Waals surface area contributed by atoms with Crippen molar-refractivity contribution in [2.45, 2.75) is 43.7 Å². The van der Waals surface area contributed by atoms with Crippen LogP contribution in [0.25, 0.3) is 11.0 Å². The summed E-state index contributed by atoms with van der Waals surface area (Å²) in [5, 5.41) is 24.5. The summed E-state index contributed by atoms with van der Waals surface area (Å²) in [6.07, 6.45) is -0.509. The van der Waals surface area contributed by atoms with Crippen molar-refractivity contribution < 1.29 is 28.1 Å². The van der Waals surface area contributed by atoms with Gasteiger partial charge in [-0.1, -0.05) is 0 Å². The summed E-state index contributed by atoms with van der Waals surface area (Å²) in [7, 11) is 0. The number of ether oxygens (including phenoxy) is 1. The summed E-state index contributed by atoms with van der Waals surface area (Å²) >= 11 is 0. The number of hydrogen-bond donors (Lipinski definition) is 4. The highest BCUT2D eigenvalue weighted by atomic mass is 19.2. The van der Waals surface area contributed by atoms with Crippen molar-refractivity contribution >= 4 is 16.7 Å². The highest BCUT2D eigenvalue weighted by molar-refractivity contribution is 5.89.